The molecule has 0 radical (unpaired) electrons. The molecule has 26 heavy (non-hydrogen) atoms. The minimum absolute atomic E-state index is 0.0654. The molecule has 9 heteroatoms. The summed E-state index contributed by atoms with van der Waals surface area (Å²) in [5.74, 6) is 0.259. The molecule has 0 spiro atoms. The molecule has 0 saturated heterocycles. The Morgan fingerprint density at radius 3 is 2.81 bits per heavy atom. The van der Waals surface area contributed by atoms with Crippen molar-refractivity contribution in [2.24, 2.45) is 0 Å². The number of aromatic nitrogens is 3. The van der Waals surface area contributed by atoms with Gasteiger partial charge in [-0.05, 0) is 37.0 Å². The number of nitrogens with zero attached hydrogens (tertiary/aromatic N) is 2. The fraction of sp³-hybridized carbons (Fsp3) is 0.471. The molecule has 1 N–H and O–H groups in total. The van der Waals surface area contributed by atoms with E-state index in [0.29, 0.717) is 22.0 Å². The molecule has 0 aromatic carbocycles. The summed E-state index contributed by atoms with van der Waals surface area (Å²) in [6.07, 6.45) is -2.76. The number of hydrogen-bond donors (Lipinski definition) is 1. The molecular formula is C17H16F3N3O2S. The quantitative estimate of drug-likeness (QED) is 0.648. The maximum atomic E-state index is 13.5. The van der Waals surface area contributed by atoms with Crippen LogP contribution in [0.1, 0.15) is 40.9 Å². The Balaban J connectivity index is 1.64. The van der Waals surface area contributed by atoms with Gasteiger partial charge in [-0.1, -0.05) is 11.8 Å². The fourth-order valence-electron chi connectivity index (χ4n) is 3.21. The van der Waals surface area contributed by atoms with Crippen LogP contribution in [0.15, 0.2) is 22.2 Å². The summed E-state index contributed by atoms with van der Waals surface area (Å²) < 4.78 is 45.8. The van der Waals surface area contributed by atoms with Crippen molar-refractivity contribution in [3.8, 4) is 0 Å². The average molecular weight is 383 g/mol. The van der Waals surface area contributed by atoms with Crippen molar-refractivity contribution >= 4 is 11.8 Å². The molecular weight excluding hydrogens is 367 g/mol. The van der Waals surface area contributed by atoms with Gasteiger partial charge in [0.25, 0.3) is 5.56 Å². The second-order valence-electron chi connectivity index (χ2n) is 6.61. The maximum absolute atomic E-state index is 13.5. The summed E-state index contributed by atoms with van der Waals surface area (Å²) in [5.41, 5.74) is 0.435. The van der Waals surface area contributed by atoms with Gasteiger partial charge >= 0.3 is 6.18 Å². The van der Waals surface area contributed by atoms with E-state index < -0.39 is 11.6 Å². The highest BCUT2D eigenvalue weighted by Crippen LogP contribution is 2.59. The highest BCUT2D eigenvalue weighted by Gasteiger charge is 2.65. The van der Waals surface area contributed by atoms with Crippen LogP contribution >= 0.6 is 11.8 Å². The highest BCUT2D eigenvalue weighted by atomic mass is 32.2. The van der Waals surface area contributed by atoms with Gasteiger partial charge in [-0.15, -0.1) is 0 Å². The van der Waals surface area contributed by atoms with E-state index in [4.69, 9.17) is 4.74 Å². The third-order valence-electron chi connectivity index (χ3n) is 4.95. The van der Waals surface area contributed by atoms with Crippen LogP contribution in [-0.4, -0.2) is 21.1 Å². The predicted octanol–water partition coefficient (Wildman–Crippen LogP) is 3.39. The molecule has 1 saturated carbocycles. The van der Waals surface area contributed by atoms with Gasteiger partial charge in [-0.2, -0.15) is 13.2 Å². The van der Waals surface area contributed by atoms with Gasteiger partial charge < -0.3 is 9.72 Å². The van der Waals surface area contributed by atoms with Gasteiger partial charge in [-0.3, -0.25) is 9.78 Å². The zero-order valence-corrected chi connectivity index (χ0v) is 14.8. The number of halogens is 3. The van der Waals surface area contributed by atoms with E-state index in [1.54, 1.807) is 13.0 Å². The summed E-state index contributed by atoms with van der Waals surface area (Å²) >= 11 is 1.21. The zero-order chi connectivity index (χ0) is 18.5. The number of rotatable bonds is 4. The van der Waals surface area contributed by atoms with Crippen molar-refractivity contribution in [1.29, 1.82) is 0 Å². The lowest BCUT2D eigenvalue weighted by atomic mass is 9.94. The first-order chi connectivity index (χ1) is 12.3. The average Bonchev–Trinajstić information content (AvgIpc) is 3.26. The van der Waals surface area contributed by atoms with E-state index in [0.717, 1.165) is 5.56 Å². The van der Waals surface area contributed by atoms with Crippen LogP contribution in [0.4, 0.5) is 13.2 Å². The number of hydrogen-bond acceptors (Lipinski definition) is 5. The number of aromatic amines is 1. The summed E-state index contributed by atoms with van der Waals surface area (Å²) in [4.78, 5) is 23.1. The van der Waals surface area contributed by atoms with Crippen molar-refractivity contribution in [3.05, 3.63) is 50.7 Å². The topological polar surface area (TPSA) is 67.9 Å². The second-order valence-corrected chi connectivity index (χ2v) is 7.58. The molecule has 0 atom stereocenters. The summed E-state index contributed by atoms with van der Waals surface area (Å²) in [7, 11) is 0. The molecule has 0 bridgehead atoms. The summed E-state index contributed by atoms with van der Waals surface area (Å²) in [5, 5.41) is 0.380. The Kier molecular flexibility index (Phi) is 4.11. The van der Waals surface area contributed by atoms with Crippen LogP contribution < -0.4 is 5.56 Å². The van der Waals surface area contributed by atoms with Crippen LogP contribution in [0.2, 0.25) is 0 Å². The third kappa shape index (κ3) is 2.83. The molecule has 5 nitrogen and oxygen atoms in total. The van der Waals surface area contributed by atoms with Crippen molar-refractivity contribution in [2.75, 3.05) is 0 Å². The number of nitrogens with one attached hydrogen (secondary N) is 1. The monoisotopic (exact) mass is 383 g/mol. The molecule has 2 aromatic rings. The molecule has 1 fully saturated rings. The Bertz CT molecular complexity index is 922. The molecule has 0 unspecified atom stereocenters. The first-order valence-corrected chi connectivity index (χ1v) is 9.15. The molecule has 4 rings (SSSR count). The lowest BCUT2D eigenvalue weighted by molar-refractivity contribution is -0.161. The smallest absolute Gasteiger partial charge is 0.370 e. The van der Waals surface area contributed by atoms with Crippen LogP contribution in [-0.2, 0) is 29.1 Å². The first kappa shape index (κ1) is 17.5. The minimum Gasteiger partial charge on any atom is -0.370 e. The van der Waals surface area contributed by atoms with Crippen molar-refractivity contribution in [2.45, 2.75) is 55.5 Å². The van der Waals surface area contributed by atoms with Gasteiger partial charge in [0.15, 0.2) is 5.16 Å². The Hall–Kier alpha value is -1.87. The predicted molar refractivity (Wildman–Crippen MR) is 88.9 cm³/mol. The fourth-order valence-corrected chi connectivity index (χ4v) is 4.20. The van der Waals surface area contributed by atoms with Gasteiger partial charge in [-0.25, -0.2) is 4.98 Å². The number of pyridine rings is 1. The second kappa shape index (κ2) is 6.09. The lowest BCUT2D eigenvalue weighted by Gasteiger charge is -2.22. The van der Waals surface area contributed by atoms with E-state index in [2.05, 4.69) is 15.0 Å². The molecule has 1 aliphatic carbocycles. The SMILES string of the molecule is Cc1ccnc(C2(C(F)(F)F)CC2)c1CSc1nc2c(c(=O)[nH]1)COC2. The zero-order valence-electron chi connectivity index (χ0n) is 13.9. The Morgan fingerprint density at radius 2 is 2.12 bits per heavy atom. The van der Waals surface area contributed by atoms with Gasteiger partial charge in [0, 0.05) is 11.9 Å². The third-order valence-corrected chi connectivity index (χ3v) is 5.85. The lowest BCUT2D eigenvalue weighted by Crippen LogP contribution is -2.31. The molecule has 2 aliphatic rings. The maximum Gasteiger partial charge on any atom is 0.399 e. The van der Waals surface area contributed by atoms with Gasteiger partial charge in [0.05, 0.1) is 30.2 Å². The molecule has 0 amide bonds. The van der Waals surface area contributed by atoms with E-state index in [-0.39, 0.29) is 43.1 Å². The summed E-state index contributed by atoms with van der Waals surface area (Å²) in [6, 6.07) is 1.71. The highest BCUT2D eigenvalue weighted by molar-refractivity contribution is 7.98. The van der Waals surface area contributed by atoms with Crippen LogP contribution in [0.5, 0.6) is 0 Å². The normalized spacial score (nSPS) is 18.0. The standard InChI is InChI=1S/C17H16F3N3O2S/c1-9-2-5-21-13(16(3-4-16)17(18,19)20)11(9)8-26-15-22-12-7-25-6-10(12)14(24)23-15/h2,5H,3-4,6-8H2,1H3,(H,22,23,24). The Morgan fingerprint density at radius 1 is 1.35 bits per heavy atom. The minimum atomic E-state index is -4.31. The number of alkyl halides is 3. The molecule has 138 valence electrons. The Labute approximate surface area is 151 Å². The van der Waals surface area contributed by atoms with Crippen LogP contribution in [0, 0.1) is 6.92 Å². The first-order valence-electron chi connectivity index (χ1n) is 8.16. The number of thioether (sulfide) groups is 1. The van der Waals surface area contributed by atoms with E-state index in [9.17, 15) is 18.0 Å². The van der Waals surface area contributed by atoms with E-state index in [1.165, 1.54) is 18.0 Å². The van der Waals surface area contributed by atoms with Crippen molar-refractivity contribution < 1.29 is 17.9 Å². The number of ether oxygens (including phenoxy) is 1. The van der Waals surface area contributed by atoms with Crippen molar-refractivity contribution in [1.82, 2.24) is 15.0 Å². The van der Waals surface area contributed by atoms with Crippen LogP contribution in [0.25, 0.3) is 0 Å². The van der Waals surface area contributed by atoms with E-state index in [1.807, 2.05) is 0 Å². The van der Waals surface area contributed by atoms with Gasteiger partial charge in [0.2, 0.25) is 0 Å². The number of fused-ring (bicyclic) bond motifs is 1. The number of aryl methyl sites for hydroxylation is 1. The molecule has 1 aliphatic heterocycles. The van der Waals surface area contributed by atoms with E-state index >= 15 is 0 Å². The summed E-state index contributed by atoms with van der Waals surface area (Å²) in [6.45, 7) is 2.30. The molecule has 2 aromatic heterocycles. The number of H-pyrrole nitrogens is 1. The largest absolute Gasteiger partial charge is 0.399 e. The van der Waals surface area contributed by atoms with Gasteiger partial charge in [0.1, 0.15) is 5.41 Å². The molecule has 3 heterocycles. The van der Waals surface area contributed by atoms with Crippen LogP contribution in [0.3, 0.4) is 0 Å². The van der Waals surface area contributed by atoms with Crippen molar-refractivity contribution in [3.63, 3.8) is 0 Å².